The molecule has 4 heterocycles. The Hall–Kier alpha value is -6.01. The number of pyridine rings is 2. The number of rotatable bonds is 5. The molecule has 202 valence electrons. The number of nitrogens with zero attached hydrogens (tertiary/aromatic N) is 5. The molecule has 4 aromatic heterocycles. The first-order valence-electron chi connectivity index (χ1n) is 14.0. The number of fused-ring (bicyclic) bond motifs is 3. The van der Waals surface area contributed by atoms with Gasteiger partial charge in [0.25, 0.3) is 0 Å². The van der Waals surface area contributed by atoms with Crippen molar-refractivity contribution in [2.45, 2.75) is 0 Å². The maximum Gasteiger partial charge on any atom is 0.164 e. The number of hydrogen-bond donors (Lipinski definition) is 0. The summed E-state index contributed by atoms with van der Waals surface area (Å²) in [5.74, 6) is 1.80. The maximum absolute atomic E-state index is 6.61. The zero-order valence-electron chi connectivity index (χ0n) is 22.9. The van der Waals surface area contributed by atoms with Crippen LogP contribution >= 0.6 is 0 Å². The molecule has 0 radical (unpaired) electrons. The van der Waals surface area contributed by atoms with Gasteiger partial charge in [-0.25, -0.2) is 15.0 Å². The summed E-state index contributed by atoms with van der Waals surface area (Å²) in [7, 11) is 0. The van der Waals surface area contributed by atoms with E-state index in [0.717, 1.165) is 60.9 Å². The quantitative estimate of drug-likeness (QED) is 0.212. The highest BCUT2D eigenvalue weighted by atomic mass is 16.3. The lowest BCUT2D eigenvalue weighted by Gasteiger charge is -2.10. The predicted molar refractivity (Wildman–Crippen MR) is 170 cm³/mol. The third kappa shape index (κ3) is 4.51. The molecule has 0 aliphatic carbocycles. The summed E-state index contributed by atoms with van der Waals surface area (Å²) < 4.78 is 6.61. The Bertz CT molecular complexity index is 2160. The minimum atomic E-state index is 0.579. The van der Waals surface area contributed by atoms with Gasteiger partial charge in [-0.3, -0.25) is 9.97 Å². The van der Waals surface area contributed by atoms with Crippen molar-refractivity contribution in [3.8, 4) is 56.4 Å². The van der Waals surface area contributed by atoms with E-state index in [1.807, 2.05) is 103 Å². The molecule has 0 N–H and O–H groups in total. The Kier molecular flexibility index (Phi) is 6.01. The second-order valence-corrected chi connectivity index (χ2v) is 10.2. The summed E-state index contributed by atoms with van der Waals surface area (Å²) in [6, 6.07) is 38.3. The third-order valence-electron chi connectivity index (χ3n) is 7.50. The summed E-state index contributed by atoms with van der Waals surface area (Å²) in [6.45, 7) is 0. The van der Waals surface area contributed by atoms with Crippen LogP contribution in [0.5, 0.6) is 0 Å². The van der Waals surface area contributed by atoms with Gasteiger partial charge in [-0.1, -0.05) is 84.9 Å². The molecule has 0 amide bonds. The highest BCUT2D eigenvalue weighted by molar-refractivity contribution is 6.16. The first kappa shape index (κ1) is 24.8. The lowest BCUT2D eigenvalue weighted by Crippen LogP contribution is -2.00. The standard InChI is InChI=1S/C37H23N5O/c1-3-10-24(11-4-1)35-40-36(25-12-5-2-6-13-25)42-37(41-35)29-16-7-17-32-33(29)31-21-28(26-14-8-18-38-22-26)20-30(34(31)43-32)27-15-9-19-39-23-27/h1-23H. The maximum atomic E-state index is 6.61. The summed E-state index contributed by atoms with van der Waals surface area (Å²) in [4.78, 5) is 23.7. The second kappa shape index (κ2) is 10.4. The van der Waals surface area contributed by atoms with Crippen molar-refractivity contribution >= 4 is 21.9 Å². The Morgan fingerprint density at radius 1 is 0.442 bits per heavy atom. The fourth-order valence-electron chi connectivity index (χ4n) is 5.48. The summed E-state index contributed by atoms with van der Waals surface area (Å²) in [5, 5.41) is 1.91. The fraction of sp³-hybridized carbons (Fsp3) is 0. The third-order valence-corrected chi connectivity index (χ3v) is 7.50. The van der Waals surface area contributed by atoms with Gasteiger partial charge in [-0.05, 0) is 35.9 Å². The molecule has 0 saturated heterocycles. The van der Waals surface area contributed by atoms with Gasteiger partial charge < -0.3 is 4.42 Å². The monoisotopic (exact) mass is 553 g/mol. The van der Waals surface area contributed by atoms with E-state index < -0.39 is 0 Å². The van der Waals surface area contributed by atoms with Crippen molar-refractivity contribution in [1.82, 2.24) is 24.9 Å². The van der Waals surface area contributed by atoms with Crippen molar-refractivity contribution in [3.63, 3.8) is 0 Å². The van der Waals surface area contributed by atoms with Gasteiger partial charge in [-0.2, -0.15) is 0 Å². The Morgan fingerprint density at radius 2 is 1.05 bits per heavy atom. The molecule has 0 aliphatic heterocycles. The van der Waals surface area contributed by atoms with Crippen molar-refractivity contribution in [2.24, 2.45) is 0 Å². The van der Waals surface area contributed by atoms with E-state index in [1.54, 1.807) is 12.4 Å². The first-order chi connectivity index (χ1) is 21.3. The molecule has 0 aliphatic rings. The highest BCUT2D eigenvalue weighted by Crippen LogP contribution is 2.42. The molecule has 8 aromatic rings. The van der Waals surface area contributed by atoms with E-state index >= 15 is 0 Å². The highest BCUT2D eigenvalue weighted by Gasteiger charge is 2.20. The summed E-state index contributed by atoms with van der Waals surface area (Å²) in [5.41, 5.74) is 8.22. The number of furan rings is 1. The molecule has 4 aromatic carbocycles. The minimum absolute atomic E-state index is 0.579. The van der Waals surface area contributed by atoms with Crippen molar-refractivity contribution in [3.05, 3.63) is 140 Å². The zero-order valence-corrected chi connectivity index (χ0v) is 22.9. The van der Waals surface area contributed by atoms with Crippen LogP contribution in [0.3, 0.4) is 0 Å². The average molecular weight is 554 g/mol. The van der Waals surface area contributed by atoms with E-state index in [4.69, 9.17) is 19.4 Å². The molecule has 0 saturated carbocycles. The summed E-state index contributed by atoms with van der Waals surface area (Å²) >= 11 is 0. The first-order valence-corrected chi connectivity index (χ1v) is 14.0. The molecule has 0 atom stereocenters. The van der Waals surface area contributed by atoms with Gasteiger partial charge in [0.1, 0.15) is 11.2 Å². The molecule has 43 heavy (non-hydrogen) atoms. The number of aromatic nitrogens is 5. The Balaban J connectivity index is 1.43. The molecular weight excluding hydrogens is 530 g/mol. The lowest BCUT2D eigenvalue weighted by molar-refractivity contribution is 0.670. The van der Waals surface area contributed by atoms with Crippen LogP contribution in [0.4, 0.5) is 0 Å². The normalized spacial score (nSPS) is 11.3. The van der Waals surface area contributed by atoms with E-state index in [9.17, 15) is 0 Å². The van der Waals surface area contributed by atoms with Gasteiger partial charge in [0.15, 0.2) is 17.5 Å². The predicted octanol–water partition coefficient (Wildman–Crippen LogP) is 8.90. The van der Waals surface area contributed by atoms with Gasteiger partial charge in [-0.15, -0.1) is 0 Å². The smallest absolute Gasteiger partial charge is 0.164 e. The van der Waals surface area contributed by atoms with Crippen LogP contribution < -0.4 is 0 Å². The van der Waals surface area contributed by atoms with Crippen molar-refractivity contribution in [1.29, 1.82) is 0 Å². The molecule has 6 heteroatoms. The Labute approximate surface area is 247 Å². The Morgan fingerprint density at radius 3 is 1.67 bits per heavy atom. The van der Waals surface area contributed by atoms with Crippen LogP contribution in [0.25, 0.3) is 78.4 Å². The van der Waals surface area contributed by atoms with Crippen LogP contribution in [-0.4, -0.2) is 24.9 Å². The van der Waals surface area contributed by atoms with Crippen molar-refractivity contribution < 1.29 is 4.42 Å². The molecule has 0 unspecified atom stereocenters. The van der Waals surface area contributed by atoms with Gasteiger partial charge >= 0.3 is 0 Å². The molecule has 0 spiro atoms. The SMILES string of the molecule is c1ccc(-c2nc(-c3ccccc3)nc(-c3cccc4oc5c(-c6cccnc6)cc(-c6cccnc6)cc5c34)n2)cc1. The van der Waals surface area contributed by atoms with Gasteiger partial charge in [0.05, 0.1) is 0 Å². The average Bonchev–Trinajstić information content (AvgIpc) is 3.48. The fourth-order valence-corrected chi connectivity index (χ4v) is 5.48. The lowest BCUT2D eigenvalue weighted by atomic mass is 9.96. The largest absolute Gasteiger partial charge is 0.455 e. The second-order valence-electron chi connectivity index (χ2n) is 10.2. The zero-order chi connectivity index (χ0) is 28.6. The molecule has 6 nitrogen and oxygen atoms in total. The van der Waals surface area contributed by atoms with Crippen molar-refractivity contribution in [2.75, 3.05) is 0 Å². The number of hydrogen-bond acceptors (Lipinski definition) is 6. The summed E-state index contributed by atoms with van der Waals surface area (Å²) in [6.07, 6.45) is 7.30. The van der Waals surface area contributed by atoms with Crippen LogP contribution in [0.15, 0.2) is 144 Å². The van der Waals surface area contributed by atoms with E-state index in [2.05, 4.69) is 34.2 Å². The minimum Gasteiger partial charge on any atom is -0.455 e. The van der Waals surface area contributed by atoms with E-state index in [0.29, 0.717) is 17.5 Å². The van der Waals surface area contributed by atoms with Crippen LogP contribution in [0.1, 0.15) is 0 Å². The van der Waals surface area contributed by atoms with E-state index in [-0.39, 0.29) is 0 Å². The molecule has 0 bridgehead atoms. The number of benzene rings is 4. The van der Waals surface area contributed by atoms with E-state index in [1.165, 1.54) is 0 Å². The van der Waals surface area contributed by atoms with Crippen LogP contribution in [0.2, 0.25) is 0 Å². The van der Waals surface area contributed by atoms with Crippen LogP contribution in [-0.2, 0) is 0 Å². The van der Waals surface area contributed by atoms with Gasteiger partial charge in [0.2, 0.25) is 0 Å². The molecule has 8 rings (SSSR count). The molecular formula is C37H23N5O. The van der Waals surface area contributed by atoms with Gasteiger partial charge in [0, 0.05) is 68.9 Å². The van der Waals surface area contributed by atoms with Crippen LogP contribution in [0, 0.1) is 0 Å². The molecule has 0 fully saturated rings. The topological polar surface area (TPSA) is 77.6 Å².